The Kier molecular flexibility index (Phi) is 2.85. The molecule has 2 fully saturated rings. The molecule has 1 saturated heterocycles. The second-order valence-corrected chi connectivity index (χ2v) is 6.87. The van der Waals surface area contributed by atoms with Gasteiger partial charge in [0.25, 0.3) is 0 Å². The predicted molar refractivity (Wildman–Crippen MR) is 94.2 cm³/mol. The van der Waals surface area contributed by atoms with Crippen molar-refractivity contribution in [3.8, 4) is 11.1 Å². The van der Waals surface area contributed by atoms with Gasteiger partial charge in [0.2, 0.25) is 5.82 Å². The van der Waals surface area contributed by atoms with Gasteiger partial charge in [0.15, 0.2) is 0 Å². The number of quaternary nitrogens is 1. The summed E-state index contributed by atoms with van der Waals surface area (Å²) in [6.07, 6.45) is 7.67. The molecule has 0 atom stereocenters. The quantitative estimate of drug-likeness (QED) is 0.548. The monoisotopic (exact) mass is 316 g/mol. The van der Waals surface area contributed by atoms with Crippen molar-refractivity contribution in [2.45, 2.75) is 12.8 Å². The number of amides is 1. The Hall–Kier alpha value is -2.59. The number of aromatic nitrogens is 2. The number of hydrogen-bond acceptors (Lipinski definition) is 3. The van der Waals surface area contributed by atoms with E-state index in [1.807, 2.05) is 18.5 Å². The zero-order chi connectivity index (χ0) is 16.1. The van der Waals surface area contributed by atoms with Gasteiger partial charge in [0.05, 0.1) is 5.92 Å². The van der Waals surface area contributed by atoms with E-state index in [0.29, 0.717) is 10.4 Å². The summed E-state index contributed by atoms with van der Waals surface area (Å²) < 4.78 is 0.463. The van der Waals surface area contributed by atoms with Crippen LogP contribution in [0.15, 0.2) is 55.0 Å². The molecule has 1 saturated carbocycles. The van der Waals surface area contributed by atoms with Gasteiger partial charge >= 0.3 is 5.91 Å². The maximum Gasteiger partial charge on any atom is 0.323 e. The first-order chi connectivity index (χ1) is 11.8. The SMILES string of the molecule is O=C(C1CC1)[N+]1(c2cc3ccc(-c4cccnc4)cc3cn2)CC1. The first-order valence-corrected chi connectivity index (χ1v) is 8.49. The molecule has 2 aromatic heterocycles. The van der Waals surface area contributed by atoms with Crippen molar-refractivity contribution < 1.29 is 4.79 Å². The third-order valence-corrected chi connectivity index (χ3v) is 5.16. The van der Waals surface area contributed by atoms with Gasteiger partial charge in [0, 0.05) is 35.6 Å². The lowest BCUT2D eigenvalue weighted by Gasteiger charge is -2.14. The van der Waals surface area contributed by atoms with Crippen LogP contribution in [0.25, 0.3) is 21.9 Å². The highest BCUT2D eigenvalue weighted by atomic mass is 16.2. The number of pyridine rings is 2. The van der Waals surface area contributed by atoms with Crippen molar-refractivity contribution in [3.05, 3.63) is 55.0 Å². The van der Waals surface area contributed by atoms with Gasteiger partial charge in [-0.25, -0.2) is 14.3 Å². The van der Waals surface area contributed by atoms with Crippen molar-refractivity contribution in [3.63, 3.8) is 0 Å². The minimum Gasteiger partial charge on any atom is -0.264 e. The minimum absolute atomic E-state index is 0.276. The zero-order valence-corrected chi connectivity index (χ0v) is 13.4. The lowest BCUT2D eigenvalue weighted by molar-refractivity contribution is -0.126. The molecule has 0 unspecified atom stereocenters. The molecule has 24 heavy (non-hydrogen) atoms. The Morgan fingerprint density at radius 2 is 1.88 bits per heavy atom. The van der Waals surface area contributed by atoms with Crippen LogP contribution in [0.4, 0.5) is 5.82 Å². The van der Waals surface area contributed by atoms with E-state index in [2.05, 4.69) is 40.3 Å². The highest BCUT2D eigenvalue weighted by Gasteiger charge is 2.57. The Bertz CT molecular complexity index is 944. The van der Waals surface area contributed by atoms with E-state index in [-0.39, 0.29) is 5.92 Å². The van der Waals surface area contributed by atoms with Crippen molar-refractivity contribution in [2.75, 3.05) is 13.1 Å². The summed E-state index contributed by atoms with van der Waals surface area (Å²) in [4.78, 5) is 21.4. The van der Waals surface area contributed by atoms with Crippen LogP contribution < -0.4 is 4.48 Å². The van der Waals surface area contributed by atoms with Gasteiger partial charge in [0.1, 0.15) is 13.1 Å². The number of nitrogens with zero attached hydrogens (tertiary/aromatic N) is 3. The third-order valence-electron chi connectivity index (χ3n) is 5.16. The summed E-state index contributed by atoms with van der Waals surface area (Å²) in [5, 5.41) is 2.24. The van der Waals surface area contributed by atoms with Crippen molar-refractivity contribution in [2.24, 2.45) is 5.92 Å². The van der Waals surface area contributed by atoms with E-state index in [0.717, 1.165) is 53.6 Å². The van der Waals surface area contributed by atoms with E-state index < -0.39 is 0 Å². The van der Waals surface area contributed by atoms with Gasteiger partial charge in [-0.15, -0.1) is 0 Å². The van der Waals surface area contributed by atoms with Crippen LogP contribution in [0.5, 0.6) is 0 Å². The Balaban J connectivity index is 1.54. The van der Waals surface area contributed by atoms with E-state index >= 15 is 0 Å². The van der Waals surface area contributed by atoms with Crippen molar-refractivity contribution >= 4 is 22.5 Å². The molecule has 5 rings (SSSR count). The van der Waals surface area contributed by atoms with Crippen LogP contribution in [0, 0.1) is 5.92 Å². The summed E-state index contributed by atoms with van der Waals surface area (Å²) >= 11 is 0. The molecule has 118 valence electrons. The molecule has 1 aromatic carbocycles. The van der Waals surface area contributed by atoms with E-state index in [9.17, 15) is 4.79 Å². The van der Waals surface area contributed by atoms with Crippen LogP contribution >= 0.6 is 0 Å². The molecular formula is C20H18N3O+. The number of carbonyl (C=O) groups is 1. The largest absolute Gasteiger partial charge is 0.323 e. The van der Waals surface area contributed by atoms with Crippen molar-refractivity contribution in [1.82, 2.24) is 14.5 Å². The average Bonchev–Trinajstić information content (AvgIpc) is 3.55. The Morgan fingerprint density at radius 3 is 2.58 bits per heavy atom. The number of fused-ring (bicyclic) bond motifs is 1. The molecule has 1 amide bonds. The van der Waals surface area contributed by atoms with Crippen LogP contribution in [0.3, 0.4) is 0 Å². The highest BCUT2D eigenvalue weighted by Crippen LogP contribution is 2.41. The second kappa shape index (κ2) is 4.95. The molecule has 4 nitrogen and oxygen atoms in total. The van der Waals surface area contributed by atoms with E-state index in [4.69, 9.17) is 0 Å². The molecule has 2 aliphatic rings. The molecular weight excluding hydrogens is 298 g/mol. The smallest absolute Gasteiger partial charge is 0.264 e. The molecule has 0 radical (unpaired) electrons. The van der Waals surface area contributed by atoms with Crippen molar-refractivity contribution in [1.29, 1.82) is 0 Å². The molecule has 1 aliphatic heterocycles. The molecule has 3 heterocycles. The summed E-state index contributed by atoms with van der Waals surface area (Å²) in [6.45, 7) is 1.81. The normalized spacial score (nSPS) is 18.5. The predicted octanol–water partition coefficient (Wildman–Crippen LogP) is 3.55. The van der Waals surface area contributed by atoms with Gasteiger partial charge in [-0.3, -0.25) is 4.98 Å². The van der Waals surface area contributed by atoms with Crippen LogP contribution in [-0.2, 0) is 4.79 Å². The number of rotatable bonds is 3. The zero-order valence-electron chi connectivity index (χ0n) is 13.4. The maximum atomic E-state index is 12.6. The lowest BCUT2D eigenvalue weighted by Crippen LogP contribution is -2.36. The summed E-state index contributed by atoms with van der Waals surface area (Å²) in [7, 11) is 0. The van der Waals surface area contributed by atoms with E-state index in [1.165, 1.54) is 0 Å². The average molecular weight is 316 g/mol. The lowest BCUT2D eigenvalue weighted by atomic mass is 10.0. The maximum absolute atomic E-state index is 12.6. The highest BCUT2D eigenvalue weighted by molar-refractivity contribution is 5.96. The standard InChI is InChI=1S/C20H18N3O/c24-20(14-3-4-14)23(8-9-23)19-11-16-6-5-15(10-18(16)13-22-19)17-2-1-7-21-12-17/h1-2,5-7,10-14H,3-4,8-9H2/q+1. The third kappa shape index (κ3) is 2.14. The molecule has 4 heteroatoms. The molecule has 3 aromatic rings. The van der Waals surface area contributed by atoms with Crippen LogP contribution in [0.1, 0.15) is 12.8 Å². The number of carbonyl (C=O) groups excluding carboxylic acids is 1. The Labute approximate surface area is 140 Å². The Morgan fingerprint density at radius 1 is 1.00 bits per heavy atom. The van der Waals surface area contributed by atoms with Crippen LogP contribution in [0.2, 0.25) is 0 Å². The van der Waals surface area contributed by atoms with E-state index in [1.54, 1.807) is 6.20 Å². The molecule has 0 N–H and O–H groups in total. The summed E-state index contributed by atoms with van der Waals surface area (Å²) in [6, 6.07) is 12.5. The fraction of sp³-hybridized carbons (Fsp3) is 0.250. The second-order valence-electron chi connectivity index (χ2n) is 6.87. The van der Waals surface area contributed by atoms with Gasteiger partial charge in [-0.1, -0.05) is 18.2 Å². The summed E-state index contributed by atoms with van der Waals surface area (Å²) in [5.74, 6) is 1.56. The number of hydrogen-bond donors (Lipinski definition) is 0. The summed E-state index contributed by atoms with van der Waals surface area (Å²) in [5.41, 5.74) is 2.23. The first kappa shape index (κ1) is 13.8. The van der Waals surface area contributed by atoms with Crippen LogP contribution in [-0.4, -0.2) is 29.0 Å². The van der Waals surface area contributed by atoms with Gasteiger partial charge in [-0.05, 0) is 35.9 Å². The first-order valence-electron chi connectivity index (χ1n) is 8.49. The molecule has 1 aliphatic carbocycles. The van der Waals surface area contributed by atoms with Gasteiger partial charge in [-0.2, -0.15) is 0 Å². The number of benzene rings is 1. The minimum atomic E-state index is 0.276. The molecule has 0 bridgehead atoms. The fourth-order valence-electron chi connectivity index (χ4n) is 3.42. The fourth-order valence-corrected chi connectivity index (χ4v) is 3.42. The van der Waals surface area contributed by atoms with Gasteiger partial charge < -0.3 is 0 Å². The topological polar surface area (TPSA) is 42.9 Å². The molecule has 0 spiro atoms.